The summed E-state index contributed by atoms with van der Waals surface area (Å²) in [5, 5.41) is 0.493. The van der Waals surface area contributed by atoms with Crippen LogP contribution in [0.15, 0.2) is 36.7 Å². The maximum Gasteiger partial charge on any atom is 0.131 e. The standard InChI is InChI=1S/C14H13ClN2OS/c1-9-5-10(7-17-6-9)8-18-12-4-2-3-11(15)13(12)14(16)19/h2-7H,8H2,1H3,(H2,16,19). The van der Waals surface area contributed by atoms with Crippen LogP contribution < -0.4 is 10.5 Å². The molecule has 0 saturated carbocycles. The minimum atomic E-state index is 0.225. The maximum absolute atomic E-state index is 6.07. The van der Waals surface area contributed by atoms with Gasteiger partial charge < -0.3 is 10.5 Å². The summed E-state index contributed by atoms with van der Waals surface area (Å²) in [4.78, 5) is 4.34. The van der Waals surface area contributed by atoms with Crippen LogP contribution >= 0.6 is 23.8 Å². The Bertz CT molecular complexity index is 616. The van der Waals surface area contributed by atoms with Gasteiger partial charge in [0.2, 0.25) is 0 Å². The molecule has 0 radical (unpaired) electrons. The normalized spacial score (nSPS) is 10.2. The molecule has 0 bridgehead atoms. The van der Waals surface area contributed by atoms with Crippen molar-refractivity contribution in [1.29, 1.82) is 0 Å². The smallest absolute Gasteiger partial charge is 0.131 e. The van der Waals surface area contributed by atoms with Gasteiger partial charge in [0.15, 0.2) is 0 Å². The van der Waals surface area contributed by atoms with Gasteiger partial charge in [-0.1, -0.05) is 29.9 Å². The highest BCUT2D eigenvalue weighted by Crippen LogP contribution is 2.27. The summed E-state index contributed by atoms with van der Waals surface area (Å²) in [6.45, 7) is 2.38. The molecule has 0 saturated heterocycles. The van der Waals surface area contributed by atoms with E-state index in [1.54, 1.807) is 30.6 Å². The quantitative estimate of drug-likeness (QED) is 0.879. The van der Waals surface area contributed by atoms with Gasteiger partial charge in [0.1, 0.15) is 17.3 Å². The van der Waals surface area contributed by atoms with Crippen LogP contribution in [0.25, 0.3) is 0 Å². The monoisotopic (exact) mass is 292 g/mol. The highest BCUT2D eigenvalue weighted by molar-refractivity contribution is 7.80. The number of benzene rings is 1. The highest BCUT2D eigenvalue weighted by atomic mass is 35.5. The van der Waals surface area contributed by atoms with Crippen molar-refractivity contribution in [3.63, 3.8) is 0 Å². The fourth-order valence-electron chi connectivity index (χ4n) is 1.72. The second-order valence-corrected chi connectivity index (χ2v) is 4.98. The molecule has 1 aromatic heterocycles. The molecule has 98 valence electrons. The van der Waals surface area contributed by atoms with E-state index in [2.05, 4.69) is 4.98 Å². The van der Waals surface area contributed by atoms with E-state index >= 15 is 0 Å². The number of pyridine rings is 1. The fourth-order valence-corrected chi connectivity index (χ4v) is 2.26. The van der Waals surface area contributed by atoms with Crippen LogP contribution in [0.2, 0.25) is 5.02 Å². The van der Waals surface area contributed by atoms with Crippen LogP contribution in [-0.2, 0) is 6.61 Å². The Kier molecular flexibility index (Phi) is 4.35. The average Bonchev–Trinajstić information content (AvgIpc) is 2.36. The molecule has 1 aromatic carbocycles. The minimum absolute atomic E-state index is 0.225. The number of aryl methyl sites for hydroxylation is 1. The first-order valence-corrected chi connectivity index (χ1v) is 6.48. The van der Waals surface area contributed by atoms with Crippen molar-refractivity contribution >= 4 is 28.8 Å². The van der Waals surface area contributed by atoms with E-state index in [4.69, 9.17) is 34.3 Å². The Hall–Kier alpha value is -1.65. The summed E-state index contributed by atoms with van der Waals surface area (Å²) in [6.07, 6.45) is 3.56. The van der Waals surface area contributed by atoms with Gasteiger partial charge in [0.25, 0.3) is 0 Å². The molecule has 2 rings (SSSR count). The molecule has 0 spiro atoms. The summed E-state index contributed by atoms with van der Waals surface area (Å²) in [7, 11) is 0. The number of halogens is 1. The Labute approximate surface area is 122 Å². The van der Waals surface area contributed by atoms with Gasteiger partial charge in [-0.05, 0) is 30.7 Å². The molecular formula is C14H13ClN2OS. The summed E-state index contributed by atoms with van der Waals surface area (Å²) in [5.41, 5.74) is 8.30. The lowest BCUT2D eigenvalue weighted by Crippen LogP contribution is -2.12. The summed E-state index contributed by atoms with van der Waals surface area (Å²) < 4.78 is 5.73. The van der Waals surface area contributed by atoms with E-state index in [1.807, 2.05) is 13.0 Å². The molecule has 5 heteroatoms. The molecule has 0 amide bonds. The molecule has 3 nitrogen and oxygen atoms in total. The molecule has 0 aliphatic carbocycles. The molecule has 2 N–H and O–H groups in total. The summed E-state index contributed by atoms with van der Waals surface area (Å²) >= 11 is 11.1. The predicted octanol–water partition coefficient (Wildman–Crippen LogP) is 3.26. The summed E-state index contributed by atoms with van der Waals surface area (Å²) in [5.74, 6) is 0.585. The molecule has 0 aliphatic rings. The zero-order valence-corrected chi connectivity index (χ0v) is 12.0. The molecule has 0 aliphatic heterocycles. The third kappa shape index (κ3) is 3.43. The number of thiocarbonyl (C=S) groups is 1. The van der Waals surface area contributed by atoms with E-state index in [9.17, 15) is 0 Å². The lowest BCUT2D eigenvalue weighted by molar-refractivity contribution is 0.305. The average molecular weight is 293 g/mol. The molecule has 0 unspecified atom stereocenters. The molecule has 19 heavy (non-hydrogen) atoms. The van der Waals surface area contributed by atoms with Crippen molar-refractivity contribution in [1.82, 2.24) is 4.98 Å². The maximum atomic E-state index is 6.07. The lowest BCUT2D eigenvalue weighted by atomic mass is 10.2. The Morgan fingerprint density at radius 1 is 1.42 bits per heavy atom. The Morgan fingerprint density at radius 3 is 2.89 bits per heavy atom. The second-order valence-electron chi connectivity index (χ2n) is 4.14. The predicted molar refractivity (Wildman–Crippen MR) is 80.6 cm³/mol. The van der Waals surface area contributed by atoms with Crippen LogP contribution in [0.5, 0.6) is 5.75 Å². The van der Waals surface area contributed by atoms with Crippen LogP contribution in [0, 0.1) is 6.92 Å². The zero-order valence-electron chi connectivity index (χ0n) is 10.4. The van der Waals surface area contributed by atoms with E-state index in [1.165, 1.54) is 0 Å². The van der Waals surface area contributed by atoms with Gasteiger partial charge in [0.05, 0.1) is 10.6 Å². The topological polar surface area (TPSA) is 48.1 Å². The van der Waals surface area contributed by atoms with Gasteiger partial charge >= 0.3 is 0 Å². The van der Waals surface area contributed by atoms with Crippen LogP contribution in [-0.4, -0.2) is 9.97 Å². The van der Waals surface area contributed by atoms with Gasteiger partial charge in [-0.15, -0.1) is 0 Å². The molecule has 2 aromatic rings. The second kappa shape index (κ2) is 5.99. The lowest BCUT2D eigenvalue weighted by Gasteiger charge is -2.12. The summed E-state index contributed by atoms with van der Waals surface area (Å²) in [6, 6.07) is 7.34. The van der Waals surface area contributed by atoms with Crippen LogP contribution in [0.1, 0.15) is 16.7 Å². The van der Waals surface area contributed by atoms with Crippen molar-refractivity contribution < 1.29 is 4.74 Å². The van der Waals surface area contributed by atoms with E-state index < -0.39 is 0 Å². The van der Waals surface area contributed by atoms with E-state index in [0.29, 0.717) is 22.9 Å². The van der Waals surface area contributed by atoms with Gasteiger partial charge in [-0.3, -0.25) is 4.98 Å². The number of hydrogen-bond acceptors (Lipinski definition) is 3. The number of ether oxygens (including phenoxy) is 1. The molecule has 0 fully saturated rings. The number of rotatable bonds is 4. The fraction of sp³-hybridized carbons (Fsp3) is 0.143. The van der Waals surface area contributed by atoms with Crippen molar-refractivity contribution in [2.75, 3.05) is 0 Å². The first kappa shape index (κ1) is 13.8. The number of hydrogen-bond donors (Lipinski definition) is 1. The van der Waals surface area contributed by atoms with Crippen molar-refractivity contribution in [2.24, 2.45) is 5.73 Å². The van der Waals surface area contributed by atoms with Crippen molar-refractivity contribution in [3.8, 4) is 5.75 Å². The van der Waals surface area contributed by atoms with Gasteiger partial charge in [-0.25, -0.2) is 0 Å². The Balaban J connectivity index is 2.20. The number of nitrogens with two attached hydrogens (primary N) is 1. The van der Waals surface area contributed by atoms with Gasteiger partial charge in [0, 0.05) is 18.0 Å². The molecule has 1 heterocycles. The first-order chi connectivity index (χ1) is 9.08. The number of aromatic nitrogens is 1. The first-order valence-electron chi connectivity index (χ1n) is 5.69. The largest absolute Gasteiger partial charge is 0.488 e. The SMILES string of the molecule is Cc1cncc(COc2cccc(Cl)c2C(N)=S)c1. The third-order valence-electron chi connectivity index (χ3n) is 2.55. The van der Waals surface area contributed by atoms with Crippen molar-refractivity contribution in [2.45, 2.75) is 13.5 Å². The van der Waals surface area contributed by atoms with E-state index in [0.717, 1.165) is 11.1 Å². The third-order valence-corrected chi connectivity index (χ3v) is 3.07. The zero-order chi connectivity index (χ0) is 13.8. The molecular weight excluding hydrogens is 280 g/mol. The van der Waals surface area contributed by atoms with Crippen LogP contribution in [0.4, 0.5) is 0 Å². The van der Waals surface area contributed by atoms with E-state index in [-0.39, 0.29) is 4.99 Å². The molecule has 0 atom stereocenters. The Morgan fingerprint density at radius 2 is 2.21 bits per heavy atom. The minimum Gasteiger partial charge on any atom is -0.488 e. The van der Waals surface area contributed by atoms with Gasteiger partial charge in [-0.2, -0.15) is 0 Å². The number of nitrogens with zero attached hydrogens (tertiary/aromatic N) is 1. The van der Waals surface area contributed by atoms with Crippen LogP contribution in [0.3, 0.4) is 0 Å². The van der Waals surface area contributed by atoms with Crippen molar-refractivity contribution in [3.05, 3.63) is 58.4 Å². The highest BCUT2D eigenvalue weighted by Gasteiger charge is 2.11.